The molecule has 18 heavy (non-hydrogen) atoms. The number of thioether (sulfide) groups is 1. The highest BCUT2D eigenvalue weighted by Crippen LogP contribution is 2.23. The van der Waals surface area contributed by atoms with E-state index < -0.39 is 4.92 Å². The van der Waals surface area contributed by atoms with Gasteiger partial charge in [0, 0.05) is 29.9 Å². The number of fused-ring (bicyclic) bond motifs is 1. The molecule has 0 fully saturated rings. The topological polar surface area (TPSA) is 76.3 Å². The number of aromatic nitrogens is 1. The Balaban J connectivity index is 2.24. The van der Waals surface area contributed by atoms with Gasteiger partial charge in [-0.1, -0.05) is 0 Å². The summed E-state index contributed by atoms with van der Waals surface area (Å²) in [6.45, 7) is 0.173. The Kier molecular flexibility index (Phi) is 4.11. The van der Waals surface area contributed by atoms with Gasteiger partial charge in [0.1, 0.15) is 0 Å². The predicted octanol–water partition coefficient (Wildman–Crippen LogP) is 2.62. The number of nitrogens with zero attached hydrogens (tertiary/aromatic N) is 2. The zero-order valence-electron chi connectivity index (χ0n) is 9.57. The van der Waals surface area contributed by atoms with Gasteiger partial charge in [-0.25, -0.2) is 4.98 Å². The zero-order chi connectivity index (χ0) is 13.0. The molecule has 1 aromatic heterocycles. The molecule has 5 nitrogen and oxygen atoms in total. The first kappa shape index (κ1) is 12.8. The Morgan fingerprint density at radius 1 is 1.33 bits per heavy atom. The van der Waals surface area contributed by atoms with Crippen molar-refractivity contribution < 1.29 is 10.0 Å². The second-order valence-electron chi connectivity index (χ2n) is 3.71. The molecule has 0 unspecified atom stereocenters. The number of nitro benzene ring substituents is 1. The average molecular weight is 264 g/mol. The lowest BCUT2D eigenvalue weighted by molar-refractivity contribution is -0.384. The Bertz CT molecular complexity index is 574. The summed E-state index contributed by atoms with van der Waals surface area (Å²) >= 11 is 1.57. The summed E-state index contributed by atoms with van der Waals surface area (Å²) in [5.41, 5.74) is 0.819. The molecule has 1 heterocycles. The smallest absolute Gasteiger partial charge is 0.270 e. The van der Waals surface area contributed by atoms with E-state index in [0.29, 0.717) is 0 Å². The van der Waals surface area contributed by atoms with Crippen molar-refractivity contribution in [3.8, 4) is 0 Å². The summed E-state index contributed by atoms with van der Waals surface area (Å²) in [5.74, 6) is 0.808. The third kappa shape index (κ3) is 2.96. The van der Waals surface area contributed by atoms with E-state index in [4.69, 9.17) is 5.11 Å². The van der Waals surface area contributed by atoms with Gasteiger partial charge in [-0.15, -0.1) is 11.8 Å². The highest BCUT2D eigenvalue weighted by atomic mass is 32.2. The maximum Gasteiger partial charge on any atom is 0.270 e. The molecule has 0 aliphatic rings. The van der Waals surface area contributed by atoms with Crippen LogP contribution in [-0.2, 0) is 0 Å². The van der Waals surface area contributed by atoms with Crippen LogP contribution in [-0.4, -0.2) is 27.4 Å². The van der Waals surface area contributed by atoms with Crippen LogP contribution < -0.4 is 0 Å². The van der Waals surface area contributed by atoms with Crippen molar-refractivity contribution in [3.05, 3.63) is 40.4 Å². The Morgan fingerprint density at radius 3 is 2.89 bits per heavy atom. The number of non-ortho nitro benzene ring substituents is 1. The monoisotopic (exact) mass is 264 g/mol. The van der Waals surface area contributed by atoms with Crippen molar-refractivity contribution in [2.24, 2.45) is 0 Å². The van der Waals surface area contributed by atoms with Crippen molar-refractivity contribution in [2.75, 3.05) is 12.4 Å². The number of aliphatic hydroxyl groups excluding tert-OH is 1. The van der Waals surface area contributed by atoms with E-state index in [-0.39, 0.29) is 12.3 Å². The van der Waals surface area contributed by atoms with Crippen LogP contribution in [0, 0.1) is 10.1 Å². The summed E-state index contributed by atoms with van der Waals surface area (Å²) in [6.07, 6.45) is 0.727. The average Bonchev–Trinajstić information content (AvgIpc) is 2.38. The van der Waals surface area contributed by atoms with E-state index in [0.717, 1.165) is 28.1 Å². The number of rotatable bonds is 5. The molecule has 6 heteroatoms. The normalized spacial score (nSPS) is 10.7. The Labute approximate surface area is 108 Å². The molecular weight excluding hydrogens is 252 g/mol. The second kappa shape index (κ2) is 5.79. The van der Waals surface area contributed by atoms with E-state index in [1.165, 1.54) is 12.1 Å². The number of hydrogen-bond donors (Lipinski definition) is 1. The maximum absolute atomic E-state index is 10.6. The molecule has 1 N–H and O–H groups in total. The number of pyridine rings is 1. The fraction of sp³-hybridized carbons (Fsp3) is 0.250. The highest BCUT2D eigenvalue weighted by molar-refractivity contribution is 7.99. The molecule has 2 aromatic rings. The number of hydrogen-bond acceptors (Lipinski definition) is 5. The van der Waals surface area contributed by atoms with Gasteiger partial charge in [-0.2, -0.15) is 0 Å². The quantitative estimate of drug-likeness (QED) is 0.389. The van der Waals surface area contributed by atoms with E-state index in [2.05, 4.69) is 4.98 Å². The molecule has 0 amide bonds. The Hall–Kier alpha value is -1.66. The molecule has 0 aliphatic heterocycles. The van der Waals surface area contributed by atoms with Crippen LogP contribution >= 0.6 is 11.8 Å². The lowest BCUT2D eigenvalue weighted by atomic mass is 10.2. The second-order valence-corrected chi connectivity index (χ2v) is 4.82. The van der Waals surface area contributed by atoms with Gasteiger partial charge >= 0.3 is 0 Å². The minimum absolute atomic E-state index is 0.0741. The van der Waals surface area contributed by atoms with Gasteiger partial charge in [0.15, 0.2) is 0 Å². The first-order chi connectivity index (χ1) is 8.70. The van der Waals surface area contributed by atoms with Gasteiger partial charge in [0.25, 0.3) is 5.69 Å². The van der Waals surface area contributed by atoms with Crippen LogP contribution in [0.3, 0.4) is 0 Å². The summed E-state index contributed by atoms with van der Waals surface area (Å²) in [4.78, 5) is 14.6. The standard InChI is InChI=1S/C12H12N2O3S/c15-6-1-7-18-12-5-2-9-8-10(14(16)17)3-4-11(9)13-12/h2-5,8,15H,1,6-7H2. The number of benzene rings is 1. The van der Waals surface area contributed by atoms with Crippen molar-refractivity contribution in [1.82, 2.24) is 4.98 Å². The van der Waals surface area contributed by atoms with Crippen molar-refractivity contribution in [1.29, 1.82) is 0 Å². The van der Waals surface area contributed by atoms with Crippen LogP contribution in [0.1, 0.15) is 6.42 Å². The maximum atomic E-state index is 10.6. The molecule has 0 atom stereocenters. The fourth-order valence-corrected chi connectivity index (χ4v) is 2.34. The van der Waals surface area contributed by atoms with Gasteiger partial charge in [0.2, 0.25) is 0 Å². The third-order valence-electron chi connectivity index (χ3n) is 2.41. The minimum atomic E-state index is -0.413. The van der Waals surface area contributed by atoms with Gasteiger partial charge in [-0.3, -0.25) is 10.1 Å². The number of aliphatic hydroxyl groups is 1. The molecule has 0 saturated heterocycles. The summed E-state index contributed by atoms with van der Waals surface area (Å²) in [5, 5.41) is 21.0. The third-order valence-corrected chi connectivity index (χ3v) is 3.43. The molecule has 0 spiro atoms. The van der Waals surface area contributed by atoms with Crippen LogP contribution in [0.4, 0.5) is 5.69 Å². The highest BCUT2D eigenvalue weighted by Gasteiger charge is 2.07. The first-order valence-corrected chi connectivity index (χ1v) is 6.48. The molecule has 1 aromatic carbocycles. The largest absolute Gasteiger partial charge is 0.396 e. The summed E-state index contributed by atoms with van der Waals surface area (Å²) < 4.78 is 0. The molecule has 0 bridgehead atoms. The molecular formula is C12H12N2O3S. The number of nitro groups is 1. The molecule has 0 aliphatic carbocycles. The van der Waals surface area contributed by atoms with E-state index in [9.17, 15) is 10.1 Å². The van der Waals surface area contributed by atoms with Crippen molar-refractivity contribution >= 4 is 28.4 Å². The van der Waals surface area contributed by atoms with Crippen molar-refractivity contribution in [2.45, 2.75) is 11.4 Å². The van der Waals surface area contributed by atoms with Gasteiger partial charge in [-0.05, 0) is 24.6 Å². The van der Waals surface area contributed by atoms with Gasteiger partial charge < -0.3 is 5.11 Å². The molecule has 2 rings (SSSR count). The van der Waals surface area contributed by atoms with Crippen LogP contribution in [0.5, 0.6) is 0 Å². The van der Waals surface area contributed by atoms with E-state index >= 15 is 0 Å². The van der Waals surface area contributed by atoms with Crippen molar-refractivity contribution in [3.63, 3.8) is 0 Å². The lowest BCUT2D eigenvalue weighted by Gasteiger charge is -2.02. The fourth-order valence-electron chi connectivity index (χ4n) is 1.53. The Morgan fingerprint density at radius 2 is 2.17 bits per heavy atom. The van der Waals surface area contributed by atoms with Gasteiger partial charge in [0.05, 0.1) is 15.5 Å². The minimum Gasteiger partial charge on any atom is -0.396 e. The van der Waals surface area contributed by atoms with Crippen LogP contribution in [0.15, 0.2) is 35.4 Å². The first-order valence-electron chi connectivity index (χ1n) is 5.49. The molecule has 94 valence electrons. The molecule has 0 saturated carbocycles. The SMILES string of the molecule is O=[N+]([O-])c1ccc2nc(SCCCO)ccc2c1. The lowest BCUT2D eigenvalue weighted by Crippen LogP contribution is -1.90. The predicted molar refractivity (Wildman–Crippen MR) is 70.8 cm³/mol. The molecule has 0 radical (unpaired) electrons. The van der Waals surface area contributed by atoms with E-state index in [1.807, 2.05) is 12.1 Å². The van der Waals surface area contributed by atoms with Crippen LogP contribution in [0.2, 0.25) is 0 Å². The summed E-state index contributed by atoms with van der Waals surface area (Å²) in [6, 6.07) is 8.30. The summed E-state index contributed by atoms with van der Waals surface area (Å²) in [7, 11) is 0. The van der Waals surface area contributed by atoms with Crippen LogP contribution in [0.25, 0.3) is 10.9 Å². The zero-order valence-corrected chi connectivity index (χ0v) is 10.4. The van der Waals surface area contributed by atoms with E-state index in [1.54, 1.807) is 17.8 Å².